The normalized spacial score (nSPS) is 11.2. The van der Waals surface area contributed by atoms with Gasteiger partial charge in [0.1, 0.15) is 5.75 Å². The van der Waals surface area contributed by atoms with Gasteiger partial charge in [-0.1, -0.05) is 36.4 Å². The molecule has 0 bridgehead atoms. The van der Waals surface area contributed by atoms with Gasteiger partial charge in [-0.2, -0.15) is 5.10 Å². The van der Waals surface area contributed by atoms with Crippen molar-refractivity contribution >= 4 is 11.6 Å². The van der Waals surface area contributed by atoms with Gasteiger partial charge in [0.25, 0.3) is 5.91 Å². The number of phenols is 1. The molecule has 0 aliphatic rings. The number of hydrogen-bond acceptors (Lipinski definition) is 3. The predicted molar refractivity (Wildman–Crippen MR) is 79.0 cm³/mol. The van der Waals surface area contributed by atoms with Gasteiger partial charge in [0.05, 0.1) is 11.3 Å². The van der Waals surface area contributed by atoms with Gasteiger partial charge < -0.3 is 5.11 Å². The first kappa shape index (κ1) is 13.8. The highest BCUT2D eigenvalue weighted by atomic mass is 16.3. The molecular formula is C16H16N2O2. The largest absolute Gasteiger partial charge is 0.507 e. The minimum Gasteiger partial charge on any atom is -0.507 e. The Labute approximate surface area is 117 Å². The van der Waals surface area contributed by atoms with Crippen LogP contribution in [-0.4, -0.2) is 16.7 Å². The maximum Gasteiger partial charge on any atom is 0.275 e. The van der Waals surface area contributed by atoms with Gasteiger partial charge >= 0.3 is 0 Å². The summed E-state index contributed by atoms with van der Waals surface area (Å²) in [5.74, 6) is -0.496. The zero-order chi connectivity index (χ0) is 14.5. The van der Waals surface area contributed by atoms with Crippen LogP contribution in [0.2, 0.25) is 0 Å². The number of amides is 1. The smallest absolute Gasteiger partial charge is 0.275 e. The van der Waals surface area contributed by atoms with Gasteiger partial charge in [-0.3, -0.25) is 4.79 Å². The molecule has 2 aromatic carbocycles. The minimum absolute atomic E-state index is 0.0613. The van der Waals surface area contributed by atoms with Crippen molar-refractivity contribution in [2.75, 3.05) is 0 Å². The Morgan fingerprint density at radius 3 is 2.30 bits per heavy atom. The van der Waals surface area contributed by atoms with E-state index in [4.69, 9.17) is 0 Å². The van der Waals surface area contributed by atoms with E-state index in [0.717, 1.165) is 11.1 Å². The van der Waals surface area contributed by atoms with Gasteiger partial charge in [-0.05, 0) is 31.5 Å². The Balaban J connectivity index is 2.16. The summed E-state index contributed by atoms with van der Waals surface area (Å²) >= 11 is 0. The third kappa shape index (κ3) is 3.03. The molecule has 20 heavy (non-hydrogen) atoms. The van der Waals surface area contributed by atoms with Crippen LogP contribution in [-0.2, 0) is 0 Å². The van der Waals surface area contributed by atoms with E-state index < -0.39 is 5.91 Å². The Morgan fingerprint density at radius 1 is 1.05 bits per heavy atom. The third-order valence-corrected chi connectivity index (χ3v) is 3.01. The Hall–Kier alpha value is -2.62. The van der Waals surface area contributed by atoms with E-state index in [0.29, 0.717) is 5.71 Å². The maximum absolute atomic E-state index is 11.9. The number of rotatable bonds is 3. The average molecular weight is 268 g/mol. The van der Waals surface area contributed by atoms with Crippen LogP contribution < -0.4 is 5.43 Å². The number of carbonyl (C=O) groups excluding carboxylic acids is 1. The summed E-state index contributed by atoms with van der Waals surface area (Å²) in [6.07, 6.45) is 0. The van der Waals surface area contributed by atoms with Crippen LogP contribution >= 0.6 is 0 Å². The molecule has 4 nitrogen and oxygen atoms in total. The summed E-state index contributed by atoms with van der Waals surface area (Å²) in [6.45, 7) is 3.81. The van der Waals surface area contributed by atoms with Crippen LogP contribution in [0, 0.1) is 6.92 Å². The van der Waals surface area contributed by atoms with E-state index in [1.807, 2.05) is 38.1 Å². The number of hydrogen-bond donors (Lipinski definition) is 2. The fourth-order valence-corrected chi connectivity index (χ4v) is 1.90. The van der Waals surface area contributed by atoms with Crippen molar-refractivity contribution in [3.8, 4) is 5.75 Å². The first-order chi connectivity index (χ1) is 9.59. The molecule has 0 saturated heterocycles. The molecule has 0 aliphatic carbocycles. The molecule has 0 radical (unpaired) electrons. The van der Waals surface area contributed by atoms with Crippen LogP contribution in [0.4, 0.5) is 0 Å². The number of nitrogens with one attached hydrogen (secondary N) is 1. The van der Waals surface area contributed by atoms with Gasteiger partial charge in [0.15, 0.2) is 0 Å². The molecule has 0 aliphatic heterocycles. The number of para-hydroxylation sites is 1. The number of aryl methyl sites for hydroxylation is 1. The van der Waals surface area contributed by atoms with E-state index in [1.54, 1.807) is 18.2 Å². The Kier molecular flexibility index (Phi) is 4.15. The second-order valence-electron chi connectivity index (χ2n) is 4.47. The highest BCUT2D eigenvalue weighted by Gasteiger charge is 2.09. The lowest BCUT2D eigenvalue weighted by Gasteiger charge is -2.06. The summed E-state index contributed by atoms with van der Waals surface area (Å²) in [5.41, 5.74) is 5.44. The van der Waals surface area contributed by atoms with E-state index in [-0.39, 0.29) is 11.3 Å². The highest BCUT2D eigenvalue weighted by molar-refractivity contribution is 6.02. The van der Waals surface area contributed by atoms with Crippen LogP contribution in [0.5, 0.6) is 5.75 Å². The summed E-state index contributed by atoms with van der Waals surface area (Å²) in [6, 6.07) is 14.2. The minimum atomic E-state index is -0.434. The predicted octanol–water partition coefficient (Wildman–Crippen LogP) is 2.85. The average Bonchev–Trinajstić information content (AvgIpc) is 2.45. The molecule has 2 N–H and O–H groups in total. The van der Waals surface area contributed by atoms with Crippen molar-refractivity contribution in [2.24, 2.45) is 5.10 Å². The summed E-state index contributed by atoms with van der Waals surface area (Å²) in [7, 11) is 0. The topological polar surface area (TPSA) is 61.7 Å². The molecule has 0 aromatic heterocycles. The fourth-order valence-electron chi connectivity index (χ4n) is 1.90. The molecule has 2 aromatic rings. The quantitative estimate of drug-likeness (QED) is 0.664. The molecule has 0 unspecified atom stereocenters. The number of aromatic hydroxyl groups is 1. The maximum atomic E-state index is 11.9. The molecule has 0 heterocycles. The Bertz CT molecular complexity index is 663. The number of hydrazone groups is 1. The second-order valence-corrected chi connectivity index (χ2v) is 4.47. The Morgan fingerprint density at radius 2 is 1.65 bits per heavy atom. The van der Waals surface area contributed by atoms with Crippen molar-refractivity contribution < 1.29 is 9.90 Å². The van der Waals surface area contributed by atoms with Gasteiger partial charge in [0, 0.05) is 5.56 Å². The number of nitrogens with zero attached hydrogens (tertiary/aromatic N) is 1. The molecule has 0 saturated carbocycles. The van der Waals surface area contributed by atoms with E-state index in [1.165, 1.54) is 6.07 Å². The third-order valence-electron chi connectivity index (χ3n) is 3.01. The molecule has 2 rings (SSSR count). The molecule has 0 spiro atoms. The first-order valence-corrected chi connectivity index (χ1v) is 6.28. The van der Waals surface area contributed by atoms with Crippen LogP contribution in [0.25, 0.3) is 0 Å². The van der Waals surface area contributed by atoms with Crippen molar-refractivity contribution in [2.45, 2.75) is 13.8 Å². The number of carbonyl (C=O) groups is 1. The molecule has 0 atom stereocenters. The monoisotopic (exact) mass is 268 g/mol. The zero-order valence-electron chi connectivity index (χ0n) is 11.4. The van der Waals surface area contributed by atoms with E-state index in [9.17, 15) is 9.90 Å². The summed E-state index contributed by atoms with van der Waals surface area (Å²) in [5, 5.41) is 13.7. The molecule has 1 amide bonds. The molecule has 4 heteroatoms. The van der Waals surface area contributed by atoms with Crippen LogP contribution in [0.3, 0.4) is 0 Å². The van der Waals surface area contributed by atoms with Crippen LogP contribution in [0.15, 0.2) is 53.6 Å². The lowest BCUT2D eigenvalue weighted by atomic mass is 10.1. The number of benzene rings is 2. The lowest BCUT2D eigenvalue weighted by Crippen LogP contribution is -2.19. The zero-order valence-corrected chi connectivity index (χ0v) is 11.4. The van der Waals surface area contributed by atoms with Gasteiger partial charge in [-0.25, -0.2) is 5.43 Å². The fraction of sp³-hybridized carbons (Fsp3) is 0.125. The first-order valence-electron chi connectivity index (χ1n) is 6.28. The summed E-state index contributed by atoms with van der Waals surface area (Å²) < 4.78 is 0. The SMILES string of the molecule is C/C(=N/NC(=O)c1ccccc1O)c1ccccc1C. The van der Waals surface area contributed by atoms with Crippen molar-refractivity contribution in [3.63, 3.8) is 0 Å². The van der Waals surface area contributed by atoms with Crippen molar-refractivity contribution in [1.29, 1.82) is 0 Å². The molecule has 0 fully saturated rings. The summed E-state index contributed by atoms with van der Waals surface area (Å²) in [4.78, 5) is 11.9. The van der Waals surface area contributed by atoms with Gasteiger partial charge in [0.2, 0.25) is 0 Å². The van der Waals surface area contributed by atoms with Crippen molar-refractivity contribution in [1.82, 2.24) is 5.43 Å². The molecule has 102 valence electrons. The van der Waals surface area contributed by atoms with Crippen LogP contribution in [0.1, 0.15) is 28.4 Å². The number of phenolic OH excluding ortho intramolecular Hbond substituents is 1. The highest BCUT2D eigenvalue weighted by Crippen LogP contribution is 2.15. The van der Waals surface area contributed by atoms with Crippen molar-refractivity contribution in [3.05, 3.63) is 65.2 Å². The lowest BCUT2D eigenvalue weighted by molar-refractivity contribution is 0.0952. The van der Waals surface area contributed by atoms with Gasteiger partial charge in [-0.15, -0.1) is 0 Å². The standard InChI is InChI=1S/C16H16N2O2/c1-11-7-3-4-8-13(11)12(2)17-18-16(20)14-9-5-6-10-15(14)19/h3-10,19H,1-2H3,(H,18,20)/b17-12-. The molecular weight excluding hydrogens is 252 g/mol. The van der Waals surface area contributed by atoms with E-state index in [2.05, 4.69) is 10.5 Å². The van der Waals surface area contributed by atoms with E-state index >= 15 is 0 Å². The second kappa shape index (κ2) is 6.02.